The summed E-state index contributed by atoms with van der Waals surface area (Å²) in [4.78, 5) is 0.250. The highest BCUT2D eigenvalue weighted by Gasteiger charge is 2.56. The Balaban J connectivity index is 2.61. The van der Waals surface area contributed by atoms with E-state index >= 15 is 0 Å². The number of methoxy groups -OCH3 is 1. The quantitative estimate of drug-likeness (QED) is 0.839. The highest BCUT2D eigenvalue weighted by atomic mass is 32.2. The first-order chi connectivity index (χ1) is 8.39. The van der Waals surface area contributed by atoms with Crippen LogP contribution in [0.1, 0.15) is 24.0 Å². The number of hydrogen-bond donors (Lipinski definition) is 0. The van der Waals surface area contributed by atoms with Crippen molar-refractivity contribution in [2.24, 2.45) is 0 Å². The lowest BCUT2D eigenvalue weighted by atomic mass is 10.1. The van der Waals surface area contributed by atoms with Gasteiger partial charge in [0.1, 0.15) is 5.75 Å². The number of benzene rings is 1. The fourth-order valence-corrected chi connectivity index (χ4v) is 4.03. The standard InChI is InChI=1S/C13H15NO3S/c1-9-10(2)12(5-4-11(9)17-3)18(15,16)13(8-14)6-7-13/h4-5H,6-7H2,1-3H3. The Morgan fingerprint density at radius 1 is 1.28 bits per heavy atom. The van der Waals surface area contributed by atoms with E-state index in [1.54, 1.807) is 20.1 Å². The predicted octanol–water partition coefficient (Wildman–Crippen LogP) is 2.14. The van der Waals surface area contributed by atoms with Crippen molar-refractivity contribution in [2.45, 2.75) is 36.3 Å². The number of sulfone groups is 1. The molecule has 1 aliphatic rings. The summed E-state index contributed by atoms with van der Waals surface area (Å²) in [7, 11) is -2.02. The Kier molecular flexibility index (Phi) is 2.86. The molecule has 5 heteroatoms. The third-order valence-corrected chi connectivity index (χ3v) is 6.17. The van der Waals surface area contributed by atoms with Crippen molar-refractivity contribution in [2.75, 3.05) is 7.11 Å². The van der Waals surface area contributed by atoms with Crippen molar-refractivity contribution in [3.63, 3.8) is 0 Å². The van der Waals surface area contributed by atoms with Crippen molar-refractivity contribution in [1.29, 1.82) is 5.26 Å². The molecule has 0 spiro atoms. The summed E-state index contributed by atoms with van der Waals surface area (Å²) in [6.45, 7) is 3.57. The molecule has 1 saturated carbocycles. The lowest BCUT2D eigenvalue weighted by Crippen LogP contribution is -2.22. The van der Waals surface area contributed by atoms with Crippen LogP contribution in [0, 0.1) is 25.2 Å². The van der Waals surface area contributed by atoms with Crippen LogP contribution in [0.15, 0.2) is 17.0 Å². The Labute approximate surface area is 107 Å². The SMILES string of the molecule is COc1ccc(S(=O)(=O)C2(C#N)CC2)c(C)c1C. The summed E-state index contributed by atoms with van der Waals surface area (Å²) in [5, 5.41) is 9.06. The summed E-state index contributed by atoms with van der Waals surface area (Å²) < 4.78 is 28.9. The molecule has 4 nitrogen and oxygen atoms in total. The second-order valence-corrected chi connectivity index (χ2v) is 6.85. The van der Waals surface area contributed by atoms with Gasteiger partial charge in [0, 0.05) is 0 Å². The average Bonchev–Trinajstić information content (AvgIpc) is 3.13. The summed E-state index contributed by atoms with van der Waals surface area (Å²) in [6, 6.07) is 5.12. The molecule has 1 aliphatic carbocycles. The molecule has 0 saturated heterocycles. The van der Waals surface area contributed by atoms with E-state index in [1.807, 2.05) is 13.0 Å². The Morgan fingerprint density at radius 2 is 1.89 bits per heavy atom. The van der Waals surface area contributed by atoms with Gasteiger partial charge in [0.2, 0.25) is 0 Å². The molecule has 0 atom stereocenters. The Bertz CT molecular complexity index is 637. The van der Waals surface area contributed by atoms with Crippen LogP contribution >= 0.6 is 0 Å². The molecule has 2 rings (SSSR count). The van der Waals surface area contributed by atoms with Gasteiger partial charge < -0.3 is 4.74 Å². The maximum absolute atomic E-state index is 12.5. The minimum absolute atomic E-state index is 0.250. The second kappa shape index (κ2) is 3.99. The molecular weight excluding hydrogens is 250 g/mol. The summed E-state index contributed by atoms with van der Waals surface area (Å²) in [6.07, 6.45) is 0.854. The van der Waals surface area contributed by atoms with Gasteiger partial charge in [0.05, 0.1) is 18.1 Å². The molecule has 0 N–H and O–H groups in total. The molecule has 0 unspecified atom stereocenters. The first kappa shape index (κ1) is 12.9. The van der Waals surface area contributed by atoms with E-state index in [9.17, 15) is 8.42 Å². The maximum Gasteiger partial charge on any atom is 0.197 e. The highest BCUT2D eigenvalue weighted by molar-refractivity contribution is 7.93. The summed E-state index contributed by atoms with van der Waals surface area (Å²) >= 11 is 0. The fraction of sp³-hybridized carbons (Fsp3) is 0.462. The molecule has 0 aliphatic heterocycles. The van der Waals surface area contributed by atoms with Crippen molar-refractivity contribution >= 4 is 9.84 Å². The smallest absolute Gasteiger partial charge is 0.197 e. The normalized spacial score (nSPS) is 17.0. The van der Waals surface area contributed by atoms with Crippen LogP contribution < -0.4 is 4.74 Å². The van der Waals surface area contributed by atoms with Crippen molar-refractivity contribution in [3.05, 3.63) is 23.3 Å². The first-order valence-corrected chi connectivity index (χ1v) is 7.18. The van der Waals surface area contributed by atoms with Crippen LogP contribution in [-0.2, 0) is 9.84 Å². The van der Waals surface area contributed by atoms with Gasteiger partial charge >= 0.3 is 0 Å². The summed E-state index contributed by atoms with van der Waals surface area (Å²) in [5.74, 6) is 0.660. The number of rotatable bonds is 3. The van der Waals surface area contributed by atoms with Crippen molar-refractivity contribution in [1.82, 2.24) is 0 Å². The molecule has 0 radical (unpaired) electrons. The molecule has 0 amide bonds. The molecule has 0 heterocycles. The zero-order valence-corrected chi connectivity index (χ0v) is 11.5. The fourth-order valence-electron chi connectivity index (χ4n) is 2.05. The van der Waals surface area contributed by atoms with Crippen LogP contribution in [-0.4, -0.2) is 20.3 Å². The summed E-state index contributed by atoms with van der Waals surface area (Å²) in [5.41, 5.74) is 1.46. The minimum atomic E-state index is -3.57. The van der Waals surface area contributed by atoms with Gasteiger partial charge in [0.15, 0.2) is 14.6 Å². The molecule has 0 bridgehead atoms. The van der Waals surface area contributed by atoms with E-state index in [1.165, 1.54) is 6.07 Å². The van der Waals surface area contributed by atoms with E-state index in [2.05, 4.69) is 0 Å². The lowest BCUT2D eigenvalue weighted by Gasteiger charge is -2.15. The minimum Gasteiger partial charge on any atom is -0.496 e. The van der Waals surface area contributed by atoms with Crippen molar-refractivity contribution < 1.29 is 13.2 Å². The zero-order chi connectivity index (χ0) is 13.6. The largest absolute Gasteiger partial charge is 0.496 e. The number of hydrogen-bond acceptors (Lipinski definition) is 4. The lowest BCUT2D eigenvalue weighted by molar-refractivity contribution is 0.410. The second-order valence-electron chi connectivity index (χ2n) is 4.63. The van der Waals surface area contributed by atoms with Gasteiger partial charge in [-0.15, -0.1) is 0 Å². The molecule has 18 heavy (non-hydrogen) atoms. The van der Waals surface area contributed by atoms with E-state index < -0.39 is 14.6 Å². The molecule has 1 aromatic carbocycles. The van der Waals surface area contributed by atoms with Crippen LogP contribution in [0.25, 0.3) is 0 Å². The van der Waals surface area contributed by atoms with E-state index in [-0.39, 0.29) is 4.90 Å². The third-order valence-electron chi connectivity index (χ3n) is 3.62. The van der Waals surface area contributed by atoms with Crippen LogP contribution in [0.2, 0.25) is 0 Å². The van der Waals surface area contributed by atoms with Gasteiger partial charge in [-0.2, -0.15) is 5.26 Å². The first-order valence-electron chi connectivity index (χ1n) is 5.70. The average molecular weight is 265 g/mol. The van der Waals surface area contributed by atoms with E-state index in [4.69, 9.17) is 10.00 Å². The third kappa shape index (κ3) is 1.60. The van der Waals surface area contributed by atoms with E-state index in [0.717, 1.165) is 5.56 Å². The molecule has 96 valence electrons. The van der Waals surface area contributed by atoms with Crippen LogP contribution in [0.4, 0.5) is 0 Å². The topological polar surface area (TPSA) is 67.2 Å². The van der Waals surface area contributed by atoms with Gasteiger partial charge in [-0.1, -0.05) is 0 Å². The maximum atomic E-state index is 12.5. The van der Waals surface area contributed by atoms with Gasteiger partial charge in [-0.25, -0.2) is 8.42 Å². The van der Waals surface area contributed by atoms with Gasteiger partial charge in [0.25, 0.3) is 0 Å². The van der Waals surface area contributed by atoms with Gasteiger partial charge in [-0.05, 0) is 49.9 Å². The van der Waals surface area contributed by atoms with Crippen LogP contribution in [0.5, 0.6) is 5.75 Å². The van der Waals surface area contributed by atoms with Crippen LogP contribution in [0.3, 0.4) is 0 Å². The number of ether oxygens (including phenoxy) is 1. The highest BCUT2D eigenvalue weighted by Crippen LogP contribution is 2.47. The molecular formula is C13H15NO3S. The molecule has 0 aromatic heterocycles. The monoisotopic (exact) mass is 265 g/mol. The molecule has 1 aromatic rings. The van der Waals surface area contributed by atoms with E-state index in [0.29, 0.717) is 24.2 Å². The Hall–Kier alpha value is -1.54. The Morgan fingerprint density at radius 3 is 2.33 bits per heavy atom. The van der Waals surface area contributed by atoms with Crippen molar-refractivity contribution in [3.8, 4) is 11.8 Å². The predicted molar refractivity (Wildman–Crippen MR) is 67.2 cm³/mol. The molecule has 1 fully saturated rings. The number of nitriles is 1. The van der Waals surface area contributed by atoms with Gasteiger partial charge in [-0.3, -0.25) is 0 Å². The zero-order valence-electron chi connectivity index (χ0n) is 10.6. The number of nitrogens with zero attached hydrogens (tertiary/aromatic N) is 1.